The third kappa shape index (κ3) is 3.42. The molecule has 2 aliphatic heterocycles. The molecule has 2 heterocycles. The van der Waals surface area contributed by atoms with Gasteiger partial charge in [-0.2, -0.15) is 0 Å². The van der Waals surface area contributed by atoms with E-state index in [4.69, 9.17) is 4.74 Å². The number of ether oxygens (including phenoxy) is 1. The summed E-state index contributed by atoms with van der Waals surface area (Å²) in [6.07, 6.45) is 3.78. The Morgan fingerprint density at radius 1 is 1.41 bits per heavy atom. The van der Waals surface area contributed by atoms with Crippen LogP contribution in [0.5, 0.6) is 0 Å². The lowest BCUT2D eigenvalue weighted by Gasteiger charge is -2.37. The van der Waals surface area contributed by atoms with Gasteiger partial charge >= 0.3 is 0 Å². The summed E-state index contributed by atoms with van der Waals surface area (Å²) in [5, 5.41) is 6.62. The summed E-state index contributed by atoms with van der Waals surface area (Å²) >= 11 is 0. The predicted octanol–water partition coefficient (Wildman–Crippen LogP) is 1.06. The maximum Gasteiger partial charge on any atom is 0.223 e. The number of hydrogen-bond acceptors (Lipinski definition) is 3. The molecule has 0 bridgehead atoms. The van der Waals surface area contributed by atoms with E-state index < -0.39 is 0 Å². The van der Waals surface area contributed by atoms with Crippen LogP contribution in [0.4, 0.5) is 0 Å². The molecule has 4 nitrogen and oxygen atoms in total. The maximum atomic E-state index is 12.2. The highest BCUT2D eigenvalue weighted by molar-refractivity contribution is 5.79. The number of rotatable bonds is 2. The lowest BCUT2D eigenvalue weighted by molar-refractivity contribution is -0.129. The molecule has 98 valence electrons. The first-order valence-corrected chi connectivity index (χ1v) is 6.72. The molecule has 2 atom stereocenters. The number of carbonyl (C=O) groups excluding carboxylic acids is 1. The Hall–Kier alpha value is -0.610. The van der Waals surface area contributed by atoms with E-state index >= 15 is 0 Å². The zero-order valence-corrected chi connectivity index (χ0v) is 10.9. The third-order valence-corrected chi connectivity index (χ3v) is 4.02. The van der Waals surface area contributed by atoms with Crippen molar-refractivity contribution in [1.82, 2.24) is 10.6 Å². The molecule has 0 radical (unpaired) electrons. The smallest absolute Gasteiger partial charge is 0.223 e. The van der Waals surface area contributed by atoms with Crippen LogP contribution in [0.3, 0.4) is 0 Å². The van der Waals surface area contributed by atoms with Gasteiger partial charge in [-0.3, -0.25) is 4.79 Å². The fourth-order valence-electron chi connectivity index (χ4n) is 2.72. The van der Waals surface area contributed by atoms with Gasteiger partial charge in [-0.05, 0) is 46.1 Å². The van der Waals surface area contributed by atoms with Crippen molar-refractivity contribution in [3.05, 3.63) is 0 Å². The molecule has 0 saturated carbocycles. The molecule has 0 spiro atoms. The molecule has 17 heavy (non-hydrogen) atoms. The number of piperidine rings is 1. The van der Waals surface area contributed by atoms with Crippen LogP contribution in [0.25, 0.3) is 0 Å². The number of hydrogen-bond donors (Lipinski definition) is 2. The molecule has 2 fully saturated rings. The SMILES string of the molecule is CC1CC(C(=O)NC2(C)CCOCC2)CCN1. The monoisotopic (exact) mass is 240 g/mol. The Bertz CT molecular complexity index is 275. The van der Waals surface area contributed by atoms with E-state index in [-0.39, 0.29) is 17.4 Å². The zero-order valence-electron chi connectivity index (χ0n) is 10.9. The lowest BCUT2D eigenvalue weighted by Crippen LogP contribution is -2.53. The highest BCUT2D eigenvalue weighted by Gasteiger charge is 2.32. The molecule has 2 N–H and O–H groups in total. The molecular weight excluding hydrogens is 216 g/mol. The highest BCUT2D eigenvalue weighted by atomic mass is 16.5. The summed E-state index contributed by atoms with van der Waals surface area (Å²) < 4.78 is 5.35. The molecule has 0 aromatic carbocycles. The summed E-state index contributed by atoms with van der Waals surface area (Å²) in [6, 6.07) is 0.460. The summed E-state index contributed by atoms with van der Waals surface area (Å²) in [5.41, 5.74) is -0.0521. The van der Waals surface area contributed by atoms with E-state index in [9.17, 15) is 4.79 Å². The Morgan fingerprint density at radius 2 is 2.12 bits per heavy atom. The molecule has 0 aromatic heterocycles. The van der Waals surface area contributed by atoms with E-state index in [0.717, 1.165) is 45.4 Å². The van der Waals surface area contributed by atoms with Gasteiger partial charge in [0, 0.05) is 30.7 Å². The summed E-state index contributed by atoms with van der Waals surface area (Å²) in [4.78, 5) is 12.2. The van der Waals surface area contributed by atoms with Gasteiger partial charge < -0.3 is 15.4 Å². The van der Waals surface area contributed by atoms with Crippen molar-refractivity contribution in [1.29, 1.82) is 0 Å². The maximum absolute atomic E-state index is 12.2. The van der Waals surface area contributed by atoms with Crippen molar-refractivity contribution < 1.29 is 9.53 Å². The van der Waals surface area contributed by atoms with Gasteiger partial charge in [-0.1, -0.05) is 0 Å². The fraction of sp³-hybridized carbons (Fsp3) is 0.923. The molecule has 0 aliphatic carbocycles. The summed E-state index contributed by atoms with van der Waals surface area (Å²) in [6.45, 7) is 6.77. The molecule has 4 heteroatoms. The second-order valence-corrected chi connectivity index (χ2v) is 5.74. The lowest BCUT2D eigenvalue weighted by atomic mass is 9.88. The van der Waals surface area contributed by atoms with Crippen LogP contribution in [0, 0.1) is 5.92 Å². The minimum Gasteiger partial charge on any atom is -0.381 e. The minimum absolute atomic E-state index is 0.0521. The van der Waals surface area contributed by atoms with Crippen molar-refractivity contribution >= 4 is 5.91 Å². The fourth-order valence-corrected chi connectivity index (χ4v) is 2.72. The average molecular weight is 240 g/mol. The standard InChI is InChI=1S/C13H24N2O2/c1-10-9-11(3-6-14-10)12(16)15-13(2)4-7-17-8-5-13/h10-11,14H,3-9H2,1-2H3,(H,15,16). The van der Waals surface area contributed by atoms with Gasteiger partial charge in [0.1, 0.15) is 0 Å². The van der Waals surface area contributed by atoms with Crippen LogP contribution in [0.1, 0.15) is 39.5 Å². The first-order valence-electron chi connectivity index (χ1n) is 6.72. The van der Waals surface area contributed by atoms with Crippen molar-refractivity contribution in [3.63, 3.8) is 0 Å². The summed E-state index contributed by atoms with van der Waals surface area (Å²) in [5.74, 6) is 0.425. The van der Waals surface area contributed by atoms with Crippen molar-refractivity contribution in [2.45, 2.75) is 51.1 Å². The minimum atomic E-state index is -0.0521. The number of amides is 1. The van der Waals surface area contributed by atoms with E-state index in [1.807, 2.05) is 0 Å². The van der Waals surface area contributed by atoms with Gasteiger partial charge in [0.15, 0.2) is 0 Å². The van der Waals surface area contributed by atoms with Gasteiger partial charge in [0.05, 0.1) is 0 Å². The highest BCUT2D eigenvalue weighted by Crippen LogP contribution is 2.22. The van der Waals surface area contributed by atoms with E-state index in [2.05, 4.69) is 24.5 Å². The Labute approximate surface area is 103 Å². The Kier molecular flexibility index (Phi) is 4.05. The van der Waals surface area contributed by atoms with Crippen LogP contribution in [0.2, 0.25) is 0 Å². The number of carbonyl (C=O) groups is 1. The van der Waals surface area contributed by atoms with Crippen LogP contribution in [0.15, 0.2) is 0 Å². The first kappa shape index (κ1) is 12.8. The Morgan fingerprint density at radius 3 is 2.76 bits per heavy atom. The topological polar surface area (TPSA) is 50.4 Å². The molecule has 2 unspecified atom stereocenters. The second-order valence-electron chi connectivity index (χ2n) is 5.74. The Balaban J connectivity index is 1.87. The van der Waals surface area contributed by atoms with Crippen molar-refractivity contribution in [2.24, 2.45) is 5.92 Å². The van der Waals surface area contributed by atoms with Gasteiger partial charge in [0.25, 0.3) is 0 Å². The van der Waals surface area contributed by atoms with Crippen LogP contribution in [-0.4, -0.2) is 37.2 Å². The van der Waals surface area contributed by atoms with Gasteiger partial charge in [0.2, 0.25) is 5.91 Å². The van der Waals surface area contributed by atoms with Crippen LogP contribution < -0.4 is 10.6 Å². The largest absolute Gasteiger partial charge is 0.381 e. The molecule has 2 aliphatic rings. The first-order chi connectivity index (χ1) is 8.09. The second kappa shape index (κ2) is 5.36. The molecule has 2 saturated heterocycles. The molecular formula is C13H24N2O2. The van der Waals surface area contributed by atoms with Gasteiger partial charge in [-0.25, -0.2) is 0 Å². The molecule has 1 amide bonds. The van der Waals surface area contributed by atoms with E-state index in [1.165, 1.54) is 0 Å². The molecule has 0 aromatic rings. The molecule has 2 rings (SSSR count). The quantitative estimate of drug-likeness (QED) is 0.759. The van der Waals surface area contributed by atoms with E-state index in [1.54, 1.807) is 0 Å². The predicted molar refractivity (Wildman–Crippen MR) is 66.8 cm³/mol. The third-order valence-electron chi connectivity index (χ3n) is 4.02. The van der Waals surface area contributed by atoms with Crippen molar-refractivity contribution in [3.8, 4) is 0 Å². The van der Waals surface area contributed by atoms with Gasteiger partial charge in [-0.15, -0.1) is 0 Å². The van der Waals surface area contributed by atoms with Crippen LogP contribution in [-0.2, 0) is 9.53 Å². The van der Waals surface area contributed by atoms with Crippen LogP contribution >= 0.6 is 0 Å². The zero-order chi connectivity index (χ0) is 12.3. The summed E-state index contributed by atoms with van der Waals surface area (Å²) in [7, 11) is 0. The average Bonchev–Trinajstić information content (AvgIpc) is 2.29. The normalized spacial score (nSPS) is 33.1. The number of nitrogens with one attached hydrogen (secondary N) is 2. The van der Waals surface area contributed by atoms with E-state index in [0.29, 0.717) is 6.04 Å². The van der Waals surface area contributed by atoms with Crippen molar-refractivity contribution in [2.75, 3.05) is 19.8 Å².